The molecule has 0 saturated heterocycles. The molecule has 1 unspecified atom stereocenters. The van der Waals surface area contributed by atoms with E-state index in [4.69, 9.17) is 10.5 Å². The van der Waals surface area contributed by atoms with Crippen LogP contribution in [0.1, 0.15) is 24.7 Å². The summed E-state index contributed by atoms with van der Waals surface area (Å²) in [6.07, 6.45) is 2.13. The highest BCUT2D eigenvalue weighted by atomic mass is 16.5. The van der Waals surface area contributed by atoms with Crippen molar-refractivity contribution in [3.63, 3.8) is 0 Å². The van der Waals surface area contributed by atoms with Crippen molar-refractivity contribution in [1.29, 1.82) is 0 Å². The van der Waals surface area contributed by atoms with Crippen molar-refractivity contribution < 1.29 is 4.74 Å². The SMILES string of the molecule is COc1cccc2nc3n(c12)CCCC3N. The quantitative estimate of drug-likeness (QED) is 0.793. The number of hydrogen-bond acceptors (Lipinski definition) is 3. The first-order valence-electron chi connectivity index (χ1n) is 5.60. The summed E-state index contributed by atoms with van der Waals surface area (Å²) < 4.78 is 7.58. The van der Waals surface area contributed by atoms with Gasteiger partial charge in [-0.15, -0.1) is 0 Å². The average Bonchev–Trinajstić information content (AvgIpc) is 2.69. The van der Waals surface area contributed by atoms with E-state index >= 15 is 0 Å². The highest BCUT2D eigenvalue weighted by Gasteiger charge is 2.22. The second-order valence-electron chi connectivity index (χ2n) is 4.20. The monoisotopic (exact) mass is 217 g/mol. The normalized spacial score (nSPS) is 19.8. The van der Waals surface area contributed by atoms with E-state index in [9.17, 15) is 0 Å². The summed E-state index contributed by atoms with van der Waals surface area (Å²) in [6.45, 7) is 0.986. The lowest BCUT2D eigenvalue weighted by Crippen LogP contribution is -2.22. The number of hydrogen-bond donors (Lipinski definition) is 1. The molecule has 1 aromatic heterocycles. The summed E-state index contributed by atoms with van der Waals surface area (Å²) >= 11 is 0. The first-order valence-corrected chi connectivity index (χ1v) is 5.60. The number of para-hydroxylation sites is 1. The zero-order valence-electron chi connectivity index (χ0n) is 9.31. The molecular formula is C12H15N3O. The van der Waals surface area contributed by atoms with Gasteiger partial charge in [0.15, 0.2) is 0 Å². The molecule has 16 heavy (non-hydrogen) atoms. The summed E-state index contributed by atoms with van der Waals surface area (Å²) in [4.78, 5) is 4.60. The Labute approximate surface area is 94.0 Å². The maximum absolute atomic E-state index is 6.08. The fourth-order valence-corrected chi connectivity index (χ4v) is 2.44. The minimum atomic E-state index is 0.0610. The maximum atomic E-state index is 6.08. The predicted molar refractivity (Wildman–Crippen MR) is 62.4 cm³/mol. The molecule has 84 valence electrons. The van der Waals surface area contributed by atoms with Gasteiger partial charge >= 0.3 is 0 Å². The number of nitrogens with zero attached hydrogens (tertiary/aromatic N) is 2. The summed E-state index contributed by atoms with van der Waals surface area (Å²) in [7, 11) is 1.69. The Hall–Kier alpha value is -1.55. The lowest BCUT2D eigenvalue weighted by Gasteiger charge is -2.20. The van der Waals surface area contributed by atoms with Crippen LogP contribution in [0.15, 0.2) is 18.2 Å². The van der Waals surface area contributed by atoms with Crippen LogP contribution < -0.4 is 10.5 Å². The highest BCUT2D eigenvalue weighted by Crippen LogP contribution is 2.32. The lowest BCUT2D eigenvalue weighted by molar-refractivity contribution is 0.411. The van der Waals surface area contributed by atoms with Crippen LogP contribution >= 0.6 is 0 Å². The second-order valence-corrected chi connectivity index (χ2v) is 4.20. The van der Waals surface area contributed by atoms with Gasteiger partial charge in [0.25, 0.3) is 0 Å². The van der Waals surface area contributed by atoms with Gasteiger partial charge in [0.1, 0.15) is 17.1 Å². The lowest BCUT2D eigenvalue weighted by atomic mass is 10.1. The molecule has 0 spiro atoms. The smallest absolute Gasteiger partial charge is 0.144 e. The Morgan fingerprint density at radius 1 is 1.50 bits per heavy atom. The zero-order chi connectivity index (χ0) is 11.1. The van der Waals surface area contributed by atoms with Crippen molar-refractivity contribution in [2.24, 2.45) is 5.73 Å². The van der Waals surface area contributed by atoms with Crippen molar-refractivity contribution in [1.82, 2.24) is 9.55 Å². The van der Waals surface area contributed by atoms with E-state index in [1.54, 1.807) is 7.11 Å². The van der Waals surface area contributed by atoms with E-state index in [1.165, 1.54) is 0 Å². The number of benzene rings is 1. The fourth-order valence-electron chi connectivity index (χ4n) is 2.44. The minimum absolute atomic E-state index is 0.0610. The molecule has 4 heteroatoms. The molecule has 2 aromatic rings. The third-order valence-electron chi connectivity index (χ3n) is 3.21. The van der Waals surface area contributed by atoms with Gasteiger partial charge in [-0.3, -0.25) is 0 Å². The van der Waals surface area contributed by atoms with Gasteiger partial charge in [-0.2, -0.15) is 0 Å². The molecule has 2 N–H and O–H groups in total. The van der Waals surface area contributed by atoms with E-state index in [2.05, 4.69) is 9.55 Å². The maximum Gasteiger partial charge on any atom is 0.144 e. The molecule has 0 aliphatic carbocycles. The van der Waals surface area contributed by atoms with E-state index < -0.39 is 0 Å². The van der Waals surface area contributed by atoms with Gasteiger partial charge < -0.3 is 15.0 Å². The van der Waals surface area contributed by atoms with Crippen molar-refractivity contribution in [2.45, 2.75) is 25.4 Å². The third-order valence-corrected chi connectivity index (χ3v) is 3.21. The molecule has 0 amide bonds. The summed E-state index contributed by atoms with van der Waals surface area (Å²) in [5.41, 5.74) is 8.13. The van der Waals surface area contributed by atoms with Crippen LogP contribution in [-0.2, 0) is 6.54 Å². The summed E-state index contributed by atoms with van der Waals surface area (Å²) in [5.74, 6) is 1.87. The predicted octanol–water partition coefficient (Wildman–Crippen LogP) is 1.84. The van der Waals surface area contributed by atoms with Crippen LogP contribution in [0, 0.1) is 0 Å². The second kappa shape index (κ2) is 3.49. The van der Waals surface area contributed by atoms with E-state index in [0.717, 1.165) is 42.0 Å². The Kier molecular flexibility index (Phi) is 2.11. The van der Waals surface area contributed by atoms with Gasteiger partial charge in [0, 0.05) is 6.54 Å². The van der Waals surface area contributed by atoms with Crippen LogP contribution in [-0.4, -0.2) is 16.7 Å². The van der Waals surface area contributed by atoms with E-state index in [1.807, 2.05) is 18.2 Å². The number of fused-ring (bicyclic) bond motifs is 3. The fraction of sp³-hybridized carbons (Fsp3) is 0.417. The van der Waals surface area contributed by atoms with Crippen molar-refractivity contribution in [2.75, 3.05) is 7.11 Å². The molecule has 0 saturated carbocycles. The first-order chi connectivity index (χ1) is 7.81. The molecule has 1 aromatic carbocycles. The molecule has 4 nitrogen and oxygen atoms in total. The summed E-state index contributed by atoms with van der Waals surface area (Å²) in [5, 5.41) is 0. The van der Waals surface area contributed by atoms with Crippen LogP contribution in [0.25, 0.3) is 11.0 Å². The summed E-state index contributed by atoms with van der Waals surface area (Å²) in [6, 6.07) is 6.00. The van der Waals surface area contributed by atoms with E-state index in [-0.39, 0.29) is 6.04 Å². The van der Waals surface area contributed by atoms with Crippen molar-refractivity contribution in [3.8, 4) is 5.75 Å². The molecule has 1 atom stereocenters. The van der Waals surface area contributed by atoms with Gasteiger partial charge in [-0.25, -0.2) is 4.98 Å². The Balaban J connectivity index is 2.33. The van der Waals surface area contributed by atoms with Gasteiger partial charge in [0.05, 0.1) is 18.7 Å². The number of aromatic nitrogens is 2. The number of rotatable bonds is 1. The van der Waals surface area contributed by atoms with Gasteiger partial charge in [-0.1, -0.05) is 6.07 Å². The molecule has 1 aliphatic rings. The van der Waals surface area contributed by atoms with Crippen LogP contribution in [0.2, 0.25) is 0 Å². The van der Waals surface area contributed by atoms with Crippen LogP contribution in [0.4, 0.5) is 0 Å². The molecule has 0 radical (unpaired) electrons. The Morgan fingerprint density at radius 2 is 2.38 bits per heavy atom. The largest absolute Gasteiger partial charge is 0.494 e. The Bertz CT molecular complexity index is 532. The van der Waals surface area contributed by atoms with Gasteiger partial charge in [-0.05, 0) is 25.0 Å². The number of methoxy groups -OCH3 is 1. The van der Waals surface area contributed by atoms with Crippen LogP contribution in [0.3, 0.4) is 0 Å². The molecule has 2 heterocycles. The molecule has 3 rings (SSSR count). The number of aryl methyl sites for hydroxylation is 1. The topological polar surface area (TPSA) is 53.1 Å². The number of ether oxygens (including phenoxy) is 1. The zero-order valence-corrected chi connectivity index (χ0v) is 9.31. The average molecular weight is 217 g/mol. The number of imidazole rings is 1. The van der Waals surface area contributed by atoms with Crippen molar-refractivity contribution in [3.05, 3.63) is 24.0 Å². The van der Waals surface area contributed by atoms with Crippen LogP contribution in [0.5, 0.6) is 5.75 Å². The van der Waals surface area contributed by atoms with E-state index in [0.29, 0.717) is 0 Å². The third kappa shape index (κ3) is 1.23. The first kappa shape index (κ1) is 9.66. The number of nitrogens with two attached hydrogens (primary N) is 1. The molecule has 0 bridgehead atoms. The van der Waals surface area contributed by atoms with Crippen molar-refractivity contribution >= 4 is 11.0 Å². The molecular weight excluding hydrogens is 202 g/mol. The molecule has 1 aliphatic heterocycles. The highest BCUT2D eigenvalue weighted by molar-refractivity contribution is 5.82. The van der Waals surface area contributed by atoms with Gasteiger partial charge in [0.2, 0.25) is 0 Å². The Morgan fingerprint density at radius 3 is 3.19 bits per heavy atom. The minimum Gasteiger partial charge on any atom is -0.494 e. The standard InChI is InChI=1S/C12H15N3O/c1-16-10-6-2-5-9-11(10)15-7-3-4-8(13)12(15)14-9/h2,5-6,8H,3-4,7,13H2,1H3. The molecule has 0 fully saturated rings.